The predicted molar refractivity (Wildman–Crippen MR) is 129 cm³/mol. The lowest BCUT2D eigenvalue weighted by molar-refractivity contribution is -0.112. The minimum absolute atomic E-state index is 0.0326. The molecule has 1 N–H and O–H groups in total. The molecule has 1 aliphatic rings. The van der Waals surface area contributed by atoms with Gasteiger partial charge in [-0.15, -0.1) is 0 Å². The molecule has 1 aliphatic heterocycles. The van der Waals surface area contributed by atoms with Crippen molar-refractivity contribution in [2.45, 2.75) is 6.61 Å². The number of carbonyl (C=O) groups excluding carboxylic acids is 1. The molecule has 0 bridgehead atoms. The molecule has 4 rings (SSSR count). The molecule has 6 heteroatoms. The third-order valence-electron chi connectivity index (χ3n) is 5.31. The van der Waals surface area contributed by atoms with Crippen LogP contribution in [-0.2, 0) is 16.1 Å². The Morgan fingerprint density at radius 3 is 2.36 bits per heavy atom. The maximum Gasteiger partial charge on any atom is 0.266 e. The predicted octanol–water partition coefficient (Wildman–Crippen LogP) is 4.65. The Kier molecular flexibility index (Phi) is 7.36. The van der Waals surface area contributed by atoms with Gasteiger partial charge in [0.25, 0.3) is 5.91 Å². The maximum atomic E-state index is 12.6. The highest BCUT2D eigenvalue weighted by atomic mass is 16.5. The molecule has 0 saturated carbocycles. The Hall–Kier alpha value is -4.08. The zero-order valence-electron chi connectivity index (χ0n) is 18.2. The Morgan fingerprint density at radius 1 is 1.00 bits per heavy atom. The van der Waals surface area contributed by atoms with Crippen molar-refractivity contribution in [3.63, 3.8) is 0 Å². The van der Waals surface area contributed by atoms with Gasteiger partial charge in [0, 0.05) is 24.5 Å². The largest absolute Gasteiger partial charge is 0.489 e. The summed E-state index contributed by atoms with van der Waals surface area (Å²) in [5, 5.41) is 12.3. The average Bonchev–Trinajstić information content (AvgIpc) is 2.88. The molecule has 33 heavy (non-hydrogen) atoms. The monoisotopic (exact) mass is 439 g/mol. The highest BCUT2D eigenvalue weighted by Crippen LogP contribution is 2.20. The van der Waals surface area contributed by atoms with Crippen LogP contribution < -0.4 is 15.0 Å². The average molecular weight is 440 g/mol. The first-order valence-electron chi connectivity index (χ1n) is 10.8. The van der Waals surface area contributed by atoms with Crippen LogP contribution in [0.4, 0.5) is 11.4 Å². The lowest BCUT2D eigenvalue weighted by atomic mass is 10.1. The molecule has 1 saturated heterocycles. The normalized spacial score (nSPS) is 13.8. The minimum Gasteiger partial charge on any atom is -0.489 e. The van der Waals surface area contributed by atoms with E-state index in [2.05, 4.69) is 10.2 Å². The molecule has 1 amide bonds. The fourth-order valence-corrected chi connectivity index (χ4v) is 3.49. The Morgan fingerprint density at radius 2 is 1.70 bits per heavy atom. The second-order valence-corrected chi connectivity index (χ2v) is 7.61. The van der Waals surface area contributed by atoms with E-state index in [4.69, 9.17) is 9.47 Å². The van der Waals surface area contributed by atoms with E-state index in [0.29, 0.717) is 12.3 Å². The molecular formula is C27H25N3O3. The zero-order valence-corrected chi connectivity index (χ0v) is 18.2. The molecule has 0 aromatic heterocycles. The Labute approximate surface area is 193 Å². The summed E-state index contributed by atoms with van der Waals surface area (Å²) in [6.07, 6.45) is 1.57. The summed E-state index contributed by atoms with van der Waals surface area (Å²) < 4.78 is 11.2. The summed E-state index contributed by atoms with van der Waals surface area (Å²) in [7, 11) is 0. The number of carbonyl (C=O) groups is 1. The summed E-state index contributed by atoms with van der Waals surface area (Å²) >= 11 is 0. The first kappa shape index (κ1) is 22.1. The molecule has 1 heterocycles. The molecule has 0 radical (unpaired) electrons. The molecule has 3 aromatic rings. The molecule has 0 aliphatic carbocycles. The van der Waals surface area contributed by atoms with Crippen LogP contribution in [0.5, 0.6) is 5.75 Å². The number of nitriles is 1. The van der Waals surface area contributed by atoms with Gasteiger partial charge in [-0.1, -0.05) is 42.5 Å². The van der Waals surface area contributed by atoms with Crippen LogP contribution in [-0.4, -0.2) is 32.2 Å². The van der Waals surface area contributed by atoms with Crippen molar-refractivity contribution in [3.8, 4) is 11.8 Å². The molecule has 0 spiro atoms. The van der Waals surface area contributed by atoms with Gasteiger partial charge in [-0.25, -0.2) is 0 Å². The van der Waals surface area contributed by atoms with Crippen LogP contribution in [0.25, 0.3) is 6.08 Å². The van der Waals surface area contributed by atoms with Crippen molar-refractivity contribution in [1.29, 1.82) is 5.26 Å². The number of hydrogen-bond acceptors (Lipinski definition) is 5. The number of nitrogens with one attached hydrogen (secondary N) is 1. The van der Waals surface area contributed by atoms with Gasteiger partial charge in [0.2, 0.25) is 0 Å². The van der Waals surface area contributed by atoms with E-state index in [-0.39, 0.29) is 5.57 Å². The number of ether oxygens (including phenoxy) is 2. The van der Waals surface area contributed by atoms with Gasteiger partial charge in [-0.3, -0.25) is 4.79 Å². The third kappa shape index (κ3) is 6.22. The van der Waals surface area contributed by atoms with E-state index < -0.39 is 5.91 Å². The second-order valence-electron chi connectivity index (χ2n) is 7.61. The molecular weight excluding hydrogens is 414 g/mol. The van der Waals surface area contributed by atoms with E-state index in [9.17, 15) is 10.1 Å². The molecule has 6 nitrogen and oxygen atoms in total. The standard InChI is InChI=1S/C27H25N3O3/c28-19-23(18-21-6-12-26(13-7-21)33-20-22-4-2-1-3-5-22)27(31)29-24-8-10-25(11-9-24)30-14-16-32-17-15-30/h1-13,18H,14-17,20H2,(H,29,31). The fraction of sp³-hybridized carbons (Fsp3) is 0.185. The summed E-state index contributed by atoms with van der Waals surface area (Å²) in [5.74, 6) is 0.278. The van der Waals surface area contributed by atoms with E-state index in [1.165, 1.54) is 0 Å². The minimum atomic E-state index is -0.443. The fourth-order valence-electron chi connectivity index (χ4n) is 3.49. The van der Waals surface area contributed by atoms with Crippen LogP contribution >= 0.6 is 0 Å². The second kappa shape index (κ2) is 11.0. The number of morpholine rings is 1. The van der Waals surface area contributed by atoms with Gasteiger partial charge in [0.05, 0.1) is 13.2 Å². The number of rotatable bonds is 7. The molecule has 0 unspecified atom stereocenters. The maximum absolute atomic E-state index is 12.6. The Balaban J connectivity index is 1.35. The summed E-state index contributed by atoms with van der Waals surface area (Å²) in [6.45, 7) is 3.61. The number of anilines is 2. The van der Waals surface area contributed by atoms with Gasteiger partial charge in [-0.05, 0) is 53.6 Å². The van der Waals surface area contributed by atoms with Crippen molar-refractivity contribution in [1.82, 2.24) is 0 Å². The first-order chi connectivity index (χ1) is 16.2. The van der Waals surface area contributed by atoms with Gasteiger partial charge < -0.3 is 19.7 Å². The number of nitrogens with zero attached hydrogens (tertiary/aromatic N) is 2. The molecule has 3 aromatic carbocycles. The van der Waals surface area contributed by atoms with E-state index in [1.54, 1.807) is 6.08 Å². The van der Waals surface area contributed by atoms with E-state index in [1.807, 2.05) is 84.9 Å². The van der Waals surface area contributed by atoms with Crippen LogP contribution in [0.15, 0.2) is 84.4 Å². The van der Waals surface area contributed by atoms with Crippen LogP contribution in [0.2, 0.25) is 0 Å². The quantitative estimate of drug-likeness (QED) is 0.429. The van der Waals surface area contributed by atoms with Crippen molar-refractivity contribution in [2.75, 3.05) is 36.5 Å². The van der Waals surface area contributed by atoms with Crippen LogP contribution in [0, 0.1) is 11.3 Å². The van der Waals surface area contributed by atoms with Gasteiger partial charge in [-0.2, -0.15) is 5.26 Å². The number of hydrogen-bond donors (Lipinski definition) is 1. The van der Waals surface area contributed by atoms with Crippen molar-refractivity contribution in [2.24, 2.45) is 0 Å². The smallest absolute Gasteiger partial charge is 0.266 e. The SMILES string of the molecule is N#CC(=Cc1ccc(OCc2ccccc2)cc1)C(=O)Nc1ccc(N2CCOCC2)cc1. The van der Waals surface area contributed by atoms with E-state index >= 15 is 0 Å². The van der Waals surface area contributed by atoms with Gasteiger partial charge in [0.1, 0.15) is 24.0 Å². The van der Waals surface area contributed by atoms with Crippen molar-refractivity contribution >= 4 is 23.4 Å². The number of benzene rings is 3. The molecule has 166 valence electrons. The van der Waals surface area contributed by atoms with Crippen molar-refractivity contribution < 1.29 is 14.3 Å². The Bertz CT molecular complexity index is 1130. The van der Waals surface area contributed by atoms with Crippen LogP contribution in [0.1, 0.15) is 11.1 Å². The lowest BCUT2D eigenvalue weighted by Gasteiger charge is -2.28. The summed E-state index contributed by atoms with van der Waals surface area (Å²) in [6, 6.07) is 26.8. The first-order valence-corrected chi connectivity index (χ1v) is 10.8. The topological polar surface area (TPSA) is 74.6 Å². The van der Waals surface area contributed by atoms with E-state index in [0.717, 1.165) is 48.9 Å². The number of amides is 1. The van der Waals surface area contributed by atoms with Crippen LogP contribution in [0.3, 0.4) is 0 Å². The van der Waals surface area contributed by atoms with Crippen molar-refractivity contribution in [3.05, 3.63) is 95.6 Å². The summed E-state index contributed by atoms with van der Waals surface area (Å²) in [5.41, 5.74) is 3.59. The molecule has 1 fully saturated rings. The third-order valence-corrected chi connectivity index (χ3v) is 5.31. The van der Waals surface area contributed by atoms with Gasteiger partial charge >= 0.3 is 0 Å². The lowest BCUT2D eigenvalue weighted by Crippen LogP contribution is -2.36. The highest BCUT2D eigenvalue weighted by Gasteiger charge is 2.13. The summed E-state index contributed by atoms with van der Waals surface area (Å²) in [4.78, 5) is 14.8. The highest BCUT2D eigenvalue weighted by molar-refractivity contribution is 6.09. The zero-order chi connectivity index (χ0) is 22.9. The van der Waals surface area contributed by atoms with Gasteiger partial charge in [0.15, 0.2) is 0 Å². The molecule has 0 atom stereocenters.